The number of nitrogens with two attached hydrogens (primary N) is 1. The van der Waals surface area contributed by atoms with Gasteiger partial charge in [0, 0.05) is 7.05 Å². The lowest BCUT2D eigenvalue weighted by Crippen LogP contribution is -2.43. The molecular formula is C10H15N3O3. The van der Waals surface area contributed by atoms with Crippen molar-refractivity contribution < 1.29 is 14.6 Å². The summed E-state index contributed by atoms with van der Waals surface area (Å²) in [7, 11) is 1.49. The van der Waals surface area contributed by atoms with Crippen molar-refractivity contribution >= 4 is 11.7 Å². The average Bonchev–Trinajstić information content (AvgIpc) is 2.34. The molecular weight excluding hydrogens is 210 g/mol. The number of nitrogens with one attached hydrogen (secondary N) is 1. The normalized spacial score (nSPS) is 9.69. The number of amides is 2. The summed E-state index contributed by atoms with van der Waals surface area (Å²) < 4.78 is 5.25. The highest BCUT2D eigenvalue weighted by Gasteiger charge is 2.14. The van der Waals surface area contributed by atoms with Gasteiger partial charge in [-0.15, -0.1) is 0 Å². The van der Waals surface area contributed by atoms with E-state index in [4.69, 9.17) is 15.7 Å². The summed E-state index contributed by atoms with van der Waals surface area (Å²) in [5, 5.41) is 12.0. The fraction of sp³-hybridized carbons (Fsp3) is 0.300. The van der Waals surface area contributed by atoms with E-state index in [0.29, 0.717) is 11.4 Å². The first-order valence-electron chi connectivity index (χ1n) is 4.80. The Bertz CT molecular complexity index is 357. The van der Waals surface area contributed by atoms with Crippen molar-refractivity contribution in [3.05, 3.63) is 24.3 Å². The molecule has 1 rings (SSSR count). The molecule has 0 saturated carbocycles. The van der Waals surface area contributed by atoms with Gasteiger partial charge in [0.1, 0.15) is 18.0 Å². The molecule has 0 aromatic heterocycles. The SMILES string of the molecule is CNC(=O)N(N)c1ccccc1OCCO. The fourth-order valence-corrected chi connectivity index (χ4v) is 1.16. The van der Waals surface area contributed by atoms with Crippen LogP contribution >= 0.6 is 0 Å². The lowest BCUT2D eigenvalue weighted by Gasteiger charge is -2.19. The van der Waals surface area contributed by atoms with Crippen molar-refractivity contribution in [1.29, 1.82) is 0 Å². The summed E-state index contributed by atoms with van der Waals surface area (Å²) in [6.07, 6.45) is 0. The molecule has 6 heteroatoms. The van der Waals surface area contributed by atoms with Crippen LogP contribution in [0.5, 0.6) is 5.75 Å². The molecule has 1 aromatic carbocycles. The second kappa shape index (κ2) is 5.94. The first-order chi connectivity index (χ1) is 7.70. The van der Waals surface area contributed by atoms with Crippen LogP contribution in [0.15, 0.2) is 24.3 Å². The first kappa shape index (κ1) is 12.3. The summed E-state index contributed by atoms with van der Waals surface area (Å²) >= 11 is 0. The number of nitrogens with zero attached hydrogens (tertiary/aromatic N) is 1. The van der Waals surface area contributed by atoms with Gasteiger partial charge in [-0.1, -0.05) is 12.1 Å². The highest BCUT2D eigenvalue weighted by molar-refractivity contribution is 5.92. The van der Waals surface area contributed by atoms with Gasteiger partial charge >= 0.3 is 6.03 Å². The summed E-state index contributed by atoms with van der Waals surface area (Å²) in [5.74, 6) is 6.05. The molecule has 0 aliphatic heterocycles. The summed E-state index contributed by atoms with van der Waals surface area (Å²) in [5.41, 5.74) is 0.440. The Labute approximate surface area is 93.6 Å². The lowest BCUT2D eigenvalue weighted by molar-refractivity contribution is 0.201. The van der Waals surface area contributed by atoms with Crippen LogP contribution in [0, 0.1) is 0 Å². The molecule has 0 radical (unpaired) electrons. The van der Waals surface area contributed by atoms with Gasteiger partial charge in [0.05, 0.1) is 6.61 Å². The minimum Gasteiger partial charge on any atom is -0.489 e. The van der Waals surface area contributed by atoms with Gasteiger partial charge in [0.2, 0.25) is 0 Å². The molecule has 0 spiro atoms. The molecule has 0 heterocycles. The number of anilines is 1. The lowest BCUT2D eigenvalue weighted by atomic mass is 10.3. The van der Waals surface area contributed by atoms with Gasteiger partial charge in [0.15, 0.2) is 0 Å². The zero-order chi connectivity index (χ0) is 12.0. The van der Waals surface area contributed by atoms with Crippen molar-refractivity contribution in [2.75, 3.05) is 25.3 Å². The third-order valence-corrected chi connectivity index (χ3v) is 1.91. The first-order valence-corrected chi connectivity index (χ1v) is 4.80. The molecule has 0 bridgehead atoms. The van der Waals surface area contributed by atoms with Gasteiger partial charge in [-0.2, -0.15) is 0 Å². The van der Waals surface area contributed by atoms with E-state index >= 15 is 0 Å². The van der Waals surface area contributed by atoms with Crippen LogP contribution in [0.2, 0.25) is 0 Å². The number of para-hydroxylation sites is 2. The Morgan fingerprint density at radius 1 is 1.56 bits per heavy atom. The smallest absolute Gasteiger partial charge is 0.336 e. The molecule has 2 amide bonds. The van der Waals surface area contributed by atoms with Crippen LogP contribution in [0.3, 0.4) is 0 Å². The third kappa shape index (κ3) is 2.85. The largest absolute Gasteiger partial charge is 0.489 e. The number of urea groups is 1. The van der Waals surface area contributed by atoms with Crippen LogP contribution < -0.4 is 20.9 Å². The number of carbonyl (C=O) groups is 1. The number of carbonyl (C=O) groups excluding carboxylic acids is 1. The van der Waals surface area contributed by atoms with Gasteiger partial charge in [-0.05, 0) is 12.1 Å². The fourth-order valence-electron chi connectivity index (χ4n) is 1.16. The molecule has 0 fully saturated rings. The highest BCUT2D eigenvalue weighted by atomic mass is 16.5. The second-order valence-electron chi connectivity index (χ2n) is 2.96. The number of ether oxygens (including phenoxy) is 1. The third-order valence-electron chi connectivity index (χ3n) is 1.91. The predicted molar refractivity (Wildman–Crippen MR) is 60.1 cm³/mol. The van der Waals surface area contributed by atoms with Gasteiger partial charge < -0.3 is 15.2 Å². The topological polar surface area (TPSA) is 87.8 Å². The molecule has 0 unspecified atom stereocenters. The Morgan fingerprint density at radius 3 is 2.88 bits per heavy atom. The Morgan fingerprint density at radius 2 is 2.25 bits per heavy atom. The van der Waals surface area contributed by atoms with Gasteiger partial charge in [-0.25, -0.2) is 15.6 Å². The molecule has 0 aliphatic rings. The standard InChI is InChI=1S/C10H15N3O3/c1-12-10(15)13(11)8-4-2-3-5-9(8)16-7-6-14/h2-5,14H,6-7,11H2,1H3,(H,12,15). The number of hydrogen-bond acceptors (Lipinski definition) is 4. The number of rotatable bonds is 4. The number of hydrogen-bond donors (Lipinski definition) is 3. The van der Waals surface area contributed by atoms with Crippen LogP contribution in [0.4, 0.5) is 10.5 Å². The summed E-state index contributed by atoms with van der Waals surface area (Å²) in [6, 6.07) is 6.38. The van der Waals surface area contributed by atoms with Crippen molar-refractivity contribution in [3.63, 3.8) is 0 Å². The van der Waals surface area contributed by atoms with Crippen molar-refractivity contribution in [3.8, 4) is 5.75 Å². The maximum absolute atomic E-state index is 11.3. The molecule has 1 aromatic rings. The van der Waals surface area contributed by atoms with Crippen LogP contribution in [-0.4, -0.2) is 31.4 Å². The maximum atomic E-state index is 11.3. The van der Waals surface area contributed by atoms with Gasteiger partial charge in [0.25, 0.3) is 0 Å². The highest BCUT2D eigenvalue weighted by Crippen LogP contribution is 2.25. The van der Waals surface area contributed by atoms with E-state index in [1.165, 1.54) is 7.05 Å². The maximum Gasteiger partial charge on any atom is 0.336 e. The van der Waals surface area contributed by atoms with Gasteiger partial charge in [-0.3, -0.25) is 0 Å². The minimum absolute atomic E-state index is 0.0983. The van der Waals surface area contributed by atoms with E-state index in [-0.39, 0.29) is 13.2 Å². The van der Waals surface area contributed by atoms with E-state index in [9.17, 15) is 4.79 Å². The molecule has 16 heavy (non-hydrogen) atoms. The van der Waals surface area contributed by atoms with E-state index < -0.39 is 6.03 Å². The Balaban J connectivity index is 2.89. The Kier molecular flexibility index (Phi) is 4.56. The number of aliphatic hydroxyl groups excluding tert-OH is 1. The quantitative estimate of drug-likeness (QED) is 0.384. The van der Waals surface area contributed by atoms with E-state index in [2.05, 4.69) is 5.32 Å². The number of aliphatic hydroxyl groups is 1. The molecule has 6 nitrogen and oxygen atoms in total. The molecule has 88 valence electrons. The van der Waals surface area contributed by atoms with Crippen molar-refractivity contribution in [2.24, 2.45) is 5.84 Å². The van der Waals surface area contributed by atoms with Crippen LogP contribution in [0.1, 0.15) is 0 Å². The molecule has 4 N–H and O–H groups in total. The summed E-state index contributed by atoms with van der Waals surface area (Å²) in [6.45, 7) is 0.0531. The monoisotopic (exact) mass is 225 g/mol. The summed E-state index contributed by atoms with van der Waals surface area (Å²) in [4.78, 5) is 11.3. The minimum atomic E-state index is -0.444. The molecule has 0 aliphatic carbocycles. The zero-order valence-electron chi connectivity index (χ0n) is 9.01. The zero-order valence-corrected chi connectivity index (χ0v) is 9.01. The molecule has 0 atom stereocenters. The van der Waals surface area contributed by atoms with Crippen molar-refractivity contribution in [1.82, 2.24) is 5.32 Å². The molecule has 0 saturated heterocycles. The van der Waals surface area contributed by atoms with Crippen LogP contribution in [0.25, 0.3) is 0 Å². The van der Waals surface area contributed by atoms with E-state index in [1.807, 2.05) is 0 Å². The van der Waals surface area contributed by atoms with E-state index in [1.54, 1.807) is 24.3 Å². The average molecular weight is 225 g/mol. The number of hydrazine groups is 1. The predicted octanol–water partition coefficient (Wildman–Crippen LogP) is 0.0772. The Hall–Kier alpha value is -1.79. The van der Waals surface area contributed by atoms with Crippen molar-refractivity contribution in [2.45, 2.75) is 0 Å². The number of benzene rings is 1. The van der Waals surface area contributed by atoms with Crippen LogP contribution in [-0.2, 0) is 0 Å². The van der Waals surface area contributed by atoms with E-state index in [0.717, 1.165) is 5.01 Å². The second-order valence-corrected chi connectivity index (χ2v) is 2.96.